The zero-order valence-corrected chi connectivity index (χ0v) is 19.0. The first-order chi connectivity index (χ1) is 16.2. The molecule has 0 saturated carbocycles. The van der Waals surface area contributed by atoms with Crippen LogP contribution < -0.4 is 9.47 Å². The van der Waals surface area contributed by atoms with E-state index in [9.17, 15) is 4.39 Å². The molecule has 4 aromatic rings. The average molecular weight is 445 g/mol. The van der Waals surface area contributed by atoms with Crippen LogP contribution in [0.5, 0.6) is 11.5 Å². The normalized spacial score (nSPS) is 14.1. The molecule has 0 fully saturated rings. The van der Waals surface area contributed by atoms with Crippen molar-refractivity contribution >= 4 is 10.9 Å². The molecule has 0 bridgehead atoms. The summed E-state index contributed by atoms with van der Waals surface area (Å²) >= 11 is 0. The van der Waals surface area contributed by atoms with E-state index in [4.69, 9.17) is 9.47 Å². The van der Waals surface area contributed by atoms with Gasteiger partial charge in [0.05, 0.1) is 13.7 Å². The van der Waals surface area contributed by atoms with Crippen molar-refractivity contribution < 1.29 is 13.9 Å². The summed E-state index contributed by atoms with van der Waals surface area (Å²) in [6.45, 7) is 4.36. The van der Waals surface area contributed by atoms with Crippen LogP contribution >= 0.6 is 0 Å². The van der Waals surface area contributed by atoms with Gasteiger partial charge in [-0.25, -0.2) is 4.39 Å². The maximum absolute atomic E-state index is 14.3. The number of aromatic nitrogens is 1. The topological polar surface area (TPSA) is 26.6 Å². The van der Waals surface area contributed by atoms with Crippen molar-refractivity contribution in [3.05, 3.63) is 95.4 Å². The fraction of sp³-hybridized carbons (Fsp3) is 0.286. The van der Waals surface area contributed by atoms with E-state index in [1.165, 1.54) is 40.9 Å². The molecule has 1 aliphatic rings. The van der Waals surface area contributed by atoms with Crippen LogP contribution in [0.1, 0.15) is 16.8 Å². The van der Waals surface area contributed by atoms with Crippen LogP contribution in [0.2, 0.25) is 0 Å². The summed E-state index contributed by atoms with van der Waals surface area (Å²) in [6, 6.07) is 24.0. The number of nitrogens with zero attached hydrogens (tertiary/aromatic N) is 2. The van der Waals surface area contributed by atoms with Crippen molar-refractivity contribution in [1.82, 2.24) is 9.47 Å². The summed E-state index contributed by atoms with van der Waals surface area (Å²) in [5.74, 6) is 0.210. The molecule has 0 radical (unpaired) electrons. The zero-order valence-electron chi connectivity index (χ0n) is 19.0. The first-order valence-electron chi connectivity index (χ1n) is 11.5. The molecule has 0 aliphatic carbocycles. The highest BCUT2D eigenvalue weighted by Gasteiger charge is 2.21. The van der Waals surface area contributed by atoms with Crippen molar-refractivity contribution in [2.75, 3.05) is 26.8 Å². The molecule has 0 spiro atoms. The van der Waals surface area contributed by atoms with Gasteiger partial charge in [0, 0.05) is 55.6 Å². The van der Waals surface area contributed by atoms with Gasteiger partial charge in [0.2, 0.25) is 0 Å². The number of fused-ring (bicyclic) bond motifs is 3. The van der Waals surface area contributed by atoms with E-state index >= 15 is 0 Å². The Bertz CT molecular complexity index is 1240. The largest absolute Gasteiger partial charge is 0.493 e. The number of hydrogen-bond acceptors (Lipinski definition) is 3. The van der Waals surface area contributed by atoms with Gasteiger partial charge in [-0.05, 0) is 29.3 Å². The fourth-order valence-corrected chi connectivity index (χ4v) is 4.91. The molecular formula is C28H29FN2O2. The smallest absolute Gasteiger partial charge is 0.197 e. The summed E-state index contributed by atoms with van der Waals surface area (Å²) in [5.41, 5.74) is 5.30. The summed E-state index contributed by atoms with van der Waals surface area (Å²) in [6.07, 6.45) is 1.71. The quantitative estimate of drug-likeness (QED) is 0.378. The van der Waals surface area contributed by atoms with Crippen LogP contribution in [-0.2, 0) is 25.9 Å². The molecule has 170 valence electrons. The zero-order chi connectivity index (χ0) is 22.6. The third-order valence-corrected chi connectivity index (χ3v) is 6.50. The van der Waals surface area contributed by atoms with Crippen LogP contribution in [0.4, 0.5) is 4.39 Å². The lowest BCUT2D eigenvalue weighted by atomic mass is 10.1. The summed E-state index contributed by atoms with van der Waals surface area (Å²) in [5, 5.41) is 1.27. The van der Waals surface area contributed by atoms with Gasteiger partial charge in [0.15, 0.2) is 17.3 Å². The second-order valence-electron chi connectivity index (χ2n) is 8.48. The van der Waals surface area contributed by atoms with Crippen molar-refractivity contribution in [2.24, 2.45) is 0 Å². The van der Waals surface area contributed by atoms with Crippen LogP contribution in [0.15, 0.2) is 72.8 Å². The van der Waals surface area contributed by atoms with Gasteiger partial charge < -0.3 is 14.0 Å². The lowest BCUT2D eigenvalue weighted by Crippen LogP contribution is -2.26. The van der Waals surface area contributed by atoms with E-state index in [1.807, 2.05) is 0 Å². The van der Waals surface area contributed by atoms with Crippen molar-refractivity contribution in [3.8, 4) is 11.5 Å². The van der Waals surface area contributed by atoms with Gasteiger partial charge >= 0.3 is 0 Å². The van der Waals surface area contributed by atoms with Gasteiger partial charge in [-0.1, -0.05) is 54.6 Å². The number of halogens is 1. The Kier molecular flexibility index (Phi) is 6.31. The Morgan fingerprint density at radius 3 is 2.55 bits per heavy atom. The minimum Gasteiger partial charge on any atom is -0.493 e. The highest BCUT2D eigenvalue weighted by Crippen LogP contribution is 2.32. The molecule has 5 heteroatoms. The van der Waals surface area contributed by atoms with Crippen molar-refractivity contribution in [3.63, 3.8) is 0 Å². The van der Waals surface area contributed by atoms with Gasteiger partial charge in [0.25, 0.3) is 0 Å². The first-order valence-corrected chi connectivity index (χ1v) is 11.5. The standard InChI is InChI=1S/C28H29FN2O2/c1-32-27-13-7-11-24(29)28(27)33-19-15-23-22-10-5-6-12-25(22)31-18-17-30(16-14-26(23)31)20-21-8-3-2-4-9-21/h2-13H,14-20H2,1H3. The van der Waals surface area contributed by atoms with E-state index in [0.717, 1.165) is 39.0 Å². The van der Waals surface area contributed by atoms with Crippen molar-refractivity contribution in [1.29, 1.82) is 0 Å². The molecule has 0 amide bonds. The Morgan fingerprint density at radius 2 is 1.70 bits per heavy atom. The first kappa shape index (κ1) is 21.5. The van der Waals surface area contributed by atoms with E-state index < -0.39 is 5.82 Å². The molecule has 33 heavy (non-hydrogen) atoms. The number of rotatable bonds is 7. The van der Waals surface area contributed by atoms with Gasteiger partial charge in [-0.2, -0.15) is 0 Å². The second-order valence-corrected chi connectivity index (χ2v) is 8.48. The van der Waals surface area contributed by atoms with Crippen LogP contribution in [0.3, 0.4) is 0 Å². The predicted molar refractivity (Wildman–Crippen MR) is 130 cm³/mol. The van der Waals surface area contributed by atoms with Crippen molar-refractivity contribution in [2.45, 2.75) is 25.9 Å². The van der Waals surface area contributed by atoms with E-state index in [0.29, 0.717) is 12.4 Å². The molecule has 0 atom stereocenters. The average Bonchev–Trinajstić information content (AvgIpc) is 2.99. The molecule has 4 nitrogen and oxygen atoms in total. The molecule has 3 aromatic carbocycles. The number of para-hydroxylation sites is 2. The monoisotopic (exact) mass is 444 g/mol. The van der Waals surface area contributed by atoms with Crippen LogP contribution in [0, 0.1) is 5.82 Å². The molecule has 5 rings (SSSR count). The molecule has 0 N–H and O–H groups in total. The maximum atomic E-state index is 14.3. The Morgan fingerprint density at radius 1 is 0.879 bits per heavy atom. The minimum atomic E-state index is -0.397. The minimum absolute atomic E-state index is 0.184. The maximum Gasteiger partial charge on any atom is 0.197 e. The van der Waals surface area contributed by atoms with Gasteiger partial charge in [-0.3, -0.25) is 4.90 Å². The highest BCUT2D eigenvalue weighted by atomic mass is 19.1. The van der Waals surface area contributed by atoms with Gasteiger partial charge in [0.1, 0.15) is 0 Å². The number of benzene rings is 3. The SMILES string of the molecule is COc1cccc(F)c1OCCc1c2n(c3ccccc13)CCN(Cc1ccccc1)CC2. The Hall–Kier alpha value is -3.31. The van der Waals surface area contributed by atoms with Crippen LogP contribution in [-0.4, -0.2) is 36.3 Å². The Balaban J connectivity index is 1.36. The molecule has 0 unspecified atom stereocenters. The third-order valence-electron chi connectivity index (χ3n) is 6.50. The predicted octanol–water partition coefficient (Wildman–Crippen LogP) is 5.47. The molecular weight excluding hydrogens is 415 g/mol. The lowest BCUT2D eigenvalue weighted by molar-refractivity contribution is 0.272. The Labute approximate surface area is 194 Å². The fourth-order valence-electron chi connectivity index (χ4n) is 4.91. The second kappa shape index (κ2) is 9.67. The highest BCUT2D eigenvalue weighted by molar-refractivity contribution is 5.85. The number of ether oxygens (including phenoxy) is 2. The molecule has 1 aromatic heterocycles. The van der Waals surface area contributed by atoms with E-state index in [2.05, 4.69) is 64.1 Å². The summed E-state index contributed by atoms with van der Waals surface area (Å²) < 4.78 is 27.9. The molecule has 0 saturated heterocycles. The third kappa shape index (κ3) is 4.46. The summed E-state index contributed by atoms with van der Waals surface area (Å²) in [7, 11) is 1.53. The summed E-state index contributed by atoms with van der Waals surface area (Å²) in [4.78, 5) is 2.53. The lowest BCUT2D eigenvalue weighted by Gasteiger charge is -2.19. The molecule has 2 heterocycles. The van der Waals surface area contributed by atoms with Gasteiger partial charge in [-0.15, -0.1) is 0 Å². The van der Waals surface area contributed by atoms with E-state index in [1.54, 1.807) is 12.1 Å². The van der Waals surface area contributed by atoms with Crippen LogP contribution in [0.25, 0.3) is 10.9 Å². The van der Waals surface area contributed by atoms with E-state index in [-0.39, 0.29) is 5.75 Å². The number of hydrogen-bond donors (Lipinski definition) is 0. The molecule has 1 aliphatic heterocycles. The number of methoxy groups -OCH3 is 1.